The Bertz CT molecular complexity index is 195. The fourth-order valence-corrected chi connectivity index (χ4v) is 2.37. The smallest absolute Gasteiger partial charge is 0.160 e. The van der Waals surface area contributed by atoms with E-state index in [-0.39, 0.29) is 12.4 Å². The van der Waals surface area contributed by atoms with Gasteiger partial charge in [-0.05, 0) is 38.8 Å². The van der Waals surface area contributed by atoms with Crippen molar-refractivity contribution in [1.82, 2.24) is 4.90 Å². The average Bonchev–Trinajstić information content (AvgIpc) is 2.77. The zero-order chi connectivity index (χ0) is 11.2. The summed E-state index contributed by atoms with van der Waals surface area (Å²) >= 11 is 0. The molecule has 2 unspecified atom stereocenters. The Morgan fingerprint density at radius 1 is 1.31 bits per heavy atom. The first-order valence-corrected chi connectivity index (χ1v) is 6.48. The van der Waals surface area contributed by atoms with E-state index in [1.165, 1.54) is 25.9 Å². The first-order valence-electron chi connectivity index (χ1n) is 6.48. The maximum absolute atomic E-state index is 9.44. The Hall–Kier alpha value is -0.160. The van der Waals surface area contributed by atoms with E-state index in [0.29, 0.717) is 13.0 Å². The maximum Gasteiger partial charge on any atom is 0.160 e. The number of rotatable bonds is 5. The van der Waals surface area contributed by atoms with Gasteiger partial charge in [0.15, 0.2) is 6.29 Å². The number of aliphatic hydroxyl groups is 1. The molecule has 2 aliphatic rings. The SMILES string of the molecule is OC1CCOC(OCCCN2CCCC2)C1. The minimum absolute atomic E-state index is 0.178. The van der Waals surface area contributed by atoms with E-state index in [2.05, 4.69) is 4.90 Å². The molecule has 4 heteroatoms. The van der Waals surface area contributed by atoms with Crippen molar-refractivity contribution in [2.24, 2.45) is 0 Å². The molecule has 2 saturated heterocycles. The number of hydrogen-bond donors (Lipinski definition) is 1. The molecule has 0 aromatic carbocycles. The van der Waals surface area contributed by atoms with Crippen LogP contribution in [0.2, 0.25) is 0 Å². The molecule has 0 amide bonds. The highest BCUT2D eigenvalue weighted by molar-refractivity contribution is 4.66. The van der Waals surface area contributed by atoms with Crippen molar-refractivity contribution in [2.75, 3.05) is 32.8 Å². The van der Waals surface area contributed by atoms with Crippen molar-refractivity contribution in [2.45, 2.75) is 44.5 Å². The largest absolute Gasteiger partial charge is 0.393 e. The lowest BCUT2D eigenvalue weighted by atomic mass is 10.1. The van der Waals surface area contributed by atoms with Crippen molar-refractivity contribution in [3.63, 3.8) is 0 Å². The average molecular weight is 229 g/mol. The van der Waals surface area contributed by atoms with E-state index in [4.69, 9.17) is 9.47 Å². The molecule has 4 nitrogen and oxygen atoms in total. The second kappa shape index (κ2) is 6.55. The van der Waals surface area contributed by atoms with Crippen molar-refractivity contribution < 1.29 is 14.6 Å². The predicted molar refractivity (Wildman–Crippen MR) is 61.2 cm³/mol. The Morgan fingerprint density at radius 2 is 2.12 bits per heavy atom. The van der Waals surface area contributed by atoms with Gasteiger partial charge in [-0.25, -0.2) is 0 Å². The molecule has 0 saturated carbocycles. The molecule has 2 rings (SSSR count). The summed E-state index contributed by atoms with van der Waals surface area (Å²) in [6.07, 6.45) is 4.71. The molecule has 0 spiro atoms. The highest BCUT2D eigenvalue weighted by Gasteiger charge is 2.21. The van der Waals surface area contributed by atoms with E-state index >= 15 is 0 Å². The van der Waals surface area contributed by atoms with Crippen molar-refractivity contribution in [3.8, 4) is 0 Å². The Morgan fingerprint density at radius 3 is 2.88 bits per heavy atom. The highest BCUT2D eigenvalue weighted by atomic mass is 16.7. The van der Waals surface area contributed by atoms with E-state index in [1.54, 1.807) is 0 Å². The third-order valence-electron chi connectivity index (χ3n) is 3.34. The highest BCUT2D eigenvalue weighted by Crippen LogP contribution is 2.15. The summed E-state index contributed by atoms with van der Waals surface area (Å²) in [5.41, 5.74) is 0. The molecule has 94 valence electrons. The van der Waals surface area contributed by atoms with Crippen LogP contribution in [0.15, 0.2) is 0 Å². The van der Waals surface area contributed by atoms with Gasteiger partial charge in [-0.1, -0.05) is 0 Å². The summed E-state index contributed by atoms with van der Waals surface area (Å²) in [6.45, 7) is 5.00. The molecule has 2 aliphatic heterocycles. The van der Waals surface area contributed by atoms with Crippen molar-refractivity contribution in [1.29, 1.82) is 0 Å². The minimum Gasteiger partial charge on any atom is -0.393 e. The molecule has 2 fully saturated rings. The lowest BCUT2D eigenvalue weighted by Crippen LogP contribution is -2.31. The molecular formula is C12H23NO3. The summed E-state index contributed by atoms with van der Waals surface area (Å²) < 4.78 is 11.0. The van der Waals surface area contributed by atoms with E-state index < -0.39 is 0 Å². The predicted octanol–water partition coefficient (Wildman–Crippen LogP) is 0.986. The zero-order valence-corrected chi connectivity index (χ0v) is 9.94. The van der Waals surface area contributed by atoms with E-state index in [1.807, 2.05) is 0 Å². The van der Waals surface area contributed by atoms with E-state index in [9.17, 15) is 5.11 Å². The second-order valence-electron chi connectivity index (χ2n) is 4.75. The van der Waals surface area contributed by atoms with Gasteiger partial charge in [-0.15, -0.1) is 0 Å². The van der Waals surface area contributed by atoms with Crippen LogP contribution in [0.4, 0.5) is 0 Å². The normalized spacial score (nSPS) is 32.1. The zero-order valence-electron chi connectivity index (χ0n) is 9.94. The van der Waals surface area contributed by atoms with Crippen molar-refractivity contribution >= 4 is 0 Å². The number of hydrogen-bond acceptors (Lipinski definition) is 4. The standard InChI is InChI=1S/C12H23NO3/c14-11-4-9-16-12(10-11)15-8-3-7-13-5-1-2-6-13/h11-12,14H,1-10H2. The Kier molecular flexibility index (Phi) is 5.03. The van der Waals surface area contributed by atoms with Gasteiger partial charge in [0.2, 0.25) is 0 Å². The lowest BCUT2D eigenvalue weighted by Gasteiger charge is -2.26. The van der Waals surface area contributed by atoms with Gasteiger partial charge in [0.05, 0.1) is 19.3 Å². The number of ether oxygens (including phenoxy) is 2. The van der Waals surface area contributed by atoms with Crippen LogP contribution in [0.5, 0.6) is 0 Å². The summed E-state index contributed by atoms with van der Waals surface area (Å²) in [7, 11) is 0. The number of likely N-dealkylation sites (tertiary alicyclic amines) is 1. The summed E-state index contributed by atoms with van der Waals surface area (Å²) in [5.74, 6) is 0. The topological polar surface area (TPSA) is 41.9 Å². The van der Waals surface area contributed by atoms with Gasteiger partial charge in [-0.2, -0.15) is 0 Å². The van der Waals surface area contributed by atoms with Crippen LogP contribution in [0, 0.1) is 0 Å². The summed E-state index contributed by atoms with van der Waals surface area (Å²) in [6, 6.07) is 0. The van der Waals surface area contributed by atoms with Gasteiger partial charge < -0.3 is 19.5 Å². The van der Waals surface area contributed by atoms with Crippen LogP contribution in [0.3, 0.4) is 0 Å². The Balaban J connectivity index is 1.50. The quantitative estimate of drug-likeness (QED) is 0.714. The van der Waals surface area contributed by atoms with E-state index in [0.717, 1.165) is 26.0 Å². The van der Waals surface area contributed by atoms with Gasteiger partial charge >= 0.3 is 0 Å². The molecule has 0 aromatic rings. The van der Waals surface area contributed by atoms with Gasteiger partial charge in [0.25, 0.3) is 0 Å². The van der Waals surface area contributed by atoms with Crippen LogP contribution in [0.25, 0.3) is 0 Å². The molecule has 1 N–H and O–H groups in total. The molecule has 16 heavy (non-hydrogen) atoms. The molecule has 0 aliphatic carbocycles. The fraction of sp³-hybridized carbons (Fsp3) is 1.00. The van der Waals surface area contributed by atoms with Crippen LogP contribution in [0.1, 0.15) is 32.1 Å². The van der Waals surface area contributed by atoms with Crippen LogP contribution in [-0.2, 0) is 9.47 Å². The molecular weight excluding hydrogens is 206 g/mol. The molecule has 2 atom stereocenters. The minimum atomic E-state index is -0.239. The number of nitrogens with zero attached hydrogens (tertiary/aromatic N) is 1. The van der Waals surface area contributed by atoms with Crippen LogP contribution >= 0.6 is 0 Å². The number of aliphatic hydroxyl groups excluding tert-OH is 1. The van der Waals surface area contributed by atoms with Gasteiger partial charge in [-0.3, -0.25) is 0 Å². The first kappa shape index (κ1) is 12.3. The maximum atomic E-state index is 9.44. The lowest BCUT2D eigenvalue weighted by molar-refractivity contribution is -0.185. The molecule has 2 heterocycles. The second-order valence-corrected chi connectivity index (χ2v) is 4.75. The van der Waals surface area contributed by atoms with Crippen molar-refractivity contribution in [3.05, 3.63) is 0 Å². The van der Waals surface area contributed by atoms with Crippen LogP contribution < -0.4 is 0 Å². The summed E-state index contributed by atoms with van der Waals surface area (Å²) in [4.78, 5) is 2.49. The fourth-order valence-electron chi connectivity index (χ4n) is 2.37. The Labute approximate surface area is 97.5 Å². The monoisotopic (exact) mass is 229 g/mol. The third kappa shape index (κ3) is 4.01. The van der Waals surface area contributed by atoms with Crippen LogP contribution in [-0.4, -0.2) is 55.2 Å². The molecule has 0 bridgehead atoms. The first-order chi connectivity index (χ1) is 7.84. The molecule has 0 aromatic heterocycles. The summed E-state index contributed by atoms with van der Waals surface area (Å²) in [5, 5.41) is 9.44. The third-order valence-corrected chi connectivity index (χ3v) is 3.34. The van der Waals surface area contributed by atoms with Gasteiger partial charge in [0.1, 0.15) is 0 Å². The molecule has 0 radical (unpaired) electrons. The van der Waals surface area contributed by atoms with Gasteiger partial charge in [0, 0.05) is 13.0 Å².